The summed E-state index contributed by atoms with van der Waals surface area (Å²) in [6.45, 7) is 8.10. The lowest BCUT2D eigenvalue weighted by Gasteiger charge is -2.61. The molecule has 9 unspecified atom stereocenters. The third-order valence-corrected chi connectivity index (χ3v) is 10.7. The van der Waals surface area contributed by atoms with Crippen LogP contribution in [-0.2, 0) is 0 Å². The molecule has 0 N–H and O–H groups in total. The number of hydrogen-bond donors (Lipinski definition) is 0. The maximum absolute atomic E-state index is 2.76. The van der Waals surface area contributed by atoms with Crippen LogP contribution in [0.5, 0.6) is 0 Å². The van der Waals surface area contributed by atoms with Crippen molar-refractivity contribution >= 4 is 0 Å². The van der Waals surface area contributed by atoms with Gasteiger partial charge in [-0.1, -0.05) is 52.9 Å². The monoisotopic (exact) mass is 328 g/mol. The quantitative estimate of drug-likeness (QED) is 0.445. The Labute approximate surface area is 150 Å². The van der Waals surface area contributed by atoms with Gasteiger partial charge in [-0.05, 0) is 97.2 Å². The predicted molar refractivity (Wildman–Crippen MR) is 102 cm³/mol. The van der Waals surface area contributed by atoms with Crippen molar-refractivity contribution in [3.8, 4) is 0 Å². The van der Waals surface area contributed by atoms with E-state index >= 15 is 0 Å². The lowest BCUT2D eigenvalue weighted by Crippen LogP contribution is -2.53. The fourth-order valence-corrected chi connectivity index (χ4v) is 9.81. The van der Waals surface area contributed by atoms with Crippen LogP contribution in [0.2, 0.25) is 0 Å². The molecule has 0 spiro atoms. The minimum atomic E-state index is 0.712. The van der Waals surface area contributed by atoms with Gasteiger partial charge in [0.25, 0.3) is 0 Å². The summed E-state index contributed by atoms with van der Waals surface area (Å²) in [6, 6.07) is 0. The van der Waals surface area contributed by atoms with E-state index in [1.165, 1.54) is 25.7 Å². The second-order valence-corrected chi connectivity index (χ2v) is 11.4. The molecule has 5 aliphatic carbocycles. The molecule has 5 rings (SSSR count). The Hall–Kier alpha value is 0. The van der Waals surface area contributed by atoms with E-state index < -0.39 is 0 Å². The van der Waals surface area contributed by atoms with Crippen molar-refractivity contribution in [2.75, 3.05) is 0 Å². The molecule has 0 aliphatic heterocycles. The molecule has 0 heteroatoms. The summed E-state index contributed by atoms with van der Waals surface area (Å²) >= 11 is 0. The van der Waals surface area contributed by atoms with Crippen LogP contribution in [0.25, 0.3) is 0 Å². The largest absolute Gasteiger partial charge is 0.0622 e. The van der Waals surface area contributed by atoms with Crippen molar-refractivity contribution in [3.05, 3.63) is 0 Å². The van der Waals surface area contributed by atoms with Gasteiger partial charge in [0.15, 0.2) is 0 Å². The molecule has 0 saturated heterocycles. The van der Waals surface area contributed by atoms with Crippen molar-refractivity contribution in [3.63, 3.8) is 0 Å². The van der Waals surface area contributed by atoms with Crippen LogP contribution >= 0.6 is 0 Å². The van der Waals surface area contributed by atoms with Gasteiger partial charge in [0.1, 0.15) is 0 Å². The highest BCUT2D eigenvalue weighted by molar-refractivity contribution is 5.11. The van der Waals surface area contributed by atoms with Gasteiger partial charge in [0.2, 0.25) is 0 Å². The zero-order chi connectivity index (χ0) is 16.5. The first-order valence-corrected chi connectivity index (χ1v) is 11.5. The average Bonchev–Trinajstić information content (AvgIpc) is 2.88. The van der Waals surface area contributed by atoms with Gasteiger partial charge in [0, 0.05) is 0 Å². The van der Waals surface area contributed by atoms with E-state index in [2.05, 4.69) is 20.8 Å². The van der Waals surface area contributed by atoms with Crippen molar-refractivity contribution in [1.29, 1.82) is 0 Å². The van der Waals surface area contributed by atoms with E-state index in [1.807, 2.05) is 0 Å². The Bertz CT molecular complexity index is 494. The van der Waals surface area contributed by atoms with E-state index in [9.17, 15) is 0 Å². The first-order chi connectivity index (χ1) is 11.5. The molecule has 0 heterocycles. The van der Waals surface area contributed by atoms with Crippen LogP contribution in [0.4, 0.5) is 0 Å². The van der Waals surface area contributed by atoms with Gasteiger partial charge in [-0.15, -0.1) is 0 Å². The summed E-state index contributed by atoms with van der Waals surface area (Å²) in [5.41, 5.74) is 1.44. The van der Waals surface area contributed by atoms with Crippen LogP contribution in [0.15, 0.2) is 0 Å². The SMILES string of the molecule is CC1CCCC2CC3C4CCC5CCCCC5(C)C4CCC3(C)C12. The van der Waals surface area contributed by atoms with Crippen molar-refractivity contribution in [1.82, 2.24) is 0 Å². The van der Waals surface area contributed by atoms with Crippen LogP contribution in [0.3, 0.4) is 0 Å². The standard InChI is InChI=1S/C24H40/c1-16-7-6-8-17-15-21-19-11-10-18-9-4-5-13-23(18,2)20(19)12-14-24(21,3)22(16)17/h16-22H,4-15H2,1-3H3. The first kappa shape index (κ1) is 16.2. The summed E-state index contributed by atoms with van der Waals surface area (Å²) in [6.07, 6.45) is 18.7. The zero-order valence-corrected chi connectivity index (χ0v) is 16.5. The highest BCUT2D eigenvalue weighted by Gasteiger charge is 2.62. The minimum Gasteiger partial charge on any atom is -0.0622 e. The molecule has 0 bridgehead atoms. The van der Waals surface area contributed by atoms with Crippen molar-refractivity contribution < 1.29 is 0 Å². The third-order valence-electron chi connectivity index (χ3n) is 10.7. The second kappa shape index (κ2) is 5.50. The average molecular weight is 329 g/mol. The Morgan fingerprint density at radius 3 is 2.46 bits per heavy atom. The molecule has 9 atom stereocenters. The normalized spacial score (nSPS) is 59.9. The number of hydrogen-bond acceptors (Lipinski definition) is 0. The van der Waals surface area contributed by atoms with E-state index in [-0.39, 0.29) is 0 Å². The van der Waals surface area contributed by atoms with Crippen molar-refractivity contribution in [2.45, 2.75) is 97.8 Å². The molecule has 5 fully saturated rings. The van der Waals surface area contributed by atoms with Gasteiger partial charge in [-0.25, -0.2) is 0 Å². The van der Waals surface area contributed by atoms with E-state index in [0.29, 0.717) is 5.41 Å². The fraction of sp³-hybridized carbons (Fsp3) is 1.00. The predicted octanol–water partition coefficient (Wildman–Crippen LogP) is 7.08. The van der Waals surface area contributed by atoms with Crippen LogP contribution in [-0.4, -0.2) is 0 Å². The van der Waals surface area contributed by atoms with Crippen LogP contribution in [0.1, 0.15) is 97.8 Å². The van der Waals surface area contributed by atoms with Crippen LogP contribution < -0.4 is 0 Å². The summed E-state index contributed by atoms with van der Waals surface area (Å²) in [5, 5.41) is 0. The summed E-state index contributed by atoms with van der Waals surface area (Å²) in [7, 11) is 0. The van der Waals surface area contributed by atoms with Gasteiger partial charge >= 0.3 is 0 Å². The molecule has 24 heavy (non-hydrogen) atoms. The molecule has 5 aliphatic rings. The molecular weight excluding hydrogens is 288 g/mol. The Kier molecular flexibility index (Phi) is 3.71. The zero-order valence-electron chi connectivity index (χ0n) is 16.5. The smallest absolute Gasteiger partial charge is 0.0261 e. The maximum Gasteiger partial charge on any atom is -0.0261 e. The van der Waals surface area contributed by atoms with E-state index in [0.717, 1.165) is 46.8 Å². The fourth-order valence-electron chi connectivity index (χ4n) is 9.81. The summed E-state index contributed by atoms with van der Waals surface area (Å²) in [4.78, 5) is 0. The van der Waals surface area contributed by atoms with E-state index in [4.69, 9.17) is 0 Å². The number of fused-ring (bicyclic) bond motifs is 7. The lowest BCUT2D eigenvalue weighted by molar-refractivity contribution is -0.115. The Morgan fingerprint density at radius 2 is 1.58 bits per heavy atom. The minimum absolute atomic E-state index is 0.712. The molecule has 0 aromatic heterocycles. The lowest BCUT2D eigenvalue weighted by atomic mass is 9.44. The van der Waals surface area contributed by atoms with Crippen LogP contribution in [0, 0.1) is 52.3 Å². The maximum atomic E-state index is 2.76. The topological polar surface area (TPSA) is 0 Å². The highest BCUT2D eigenvalue weighted by Crippen LogP contribution is 2.70. The highest BCUT2D eigenvalue weighted by atomic mass is 14.7. The molecule has 136 valence electrons. The third kappa shape index (κ3) is 2.04. The van der Waals surface area contributed by atoms with Crippen molar-refractivity contribution in [2.24, 2.45) is 52.3 Å². The second-order valence-electron chi connectivity index (χ2n) is 11.4. The Balaban J connectivity index is 1.47. The summed E-state index contributed by atoms with van der Waals surface area (Å²) < 4.78 is 0. The molecule has 0 aromatic carbocycles. The Morgan fingerprint density at radius 1 is 0.708 bits per heavy atom. The van der Waals surface area contributed by atoms with Gasteiger partial charge in [-0.2, -0.15) is 0 Å². The molecule has 5 saturated carbocycles. The molecule has 0 aromatic rings. The first-order valence-electron chi connectivity index (χ1n) is 11.5. The molecule has 0 radical (unpaired) electrons. The van der Waals surface area contributed by atoms with Gasteiger partial charge in [-0.3, -0.25) is 0 Å². The van der Waals surface area contributed by atoms with E-state index in [1.54, 1.807) is 51.4 Å². The number of rotatable bonds is 0. The van der Waals surface area contributed by atoms with Gasteiger partial charge < -0.3 is 0 Å². The van der Waals surface area contributed by atoms with Gasteiger partial charge in [0.05, 0.1) is 0 Å². The molecule has 0 amide bonds. The molecule has 0 nitrogen and oxygen atoms in total. The molecular formula is C24H40. The summed E-state index contributed by atoms with van der Waals surface area (Å²) in [5.74, 6) is 7.54.